The molecule has 0 aromatic heterocycles. The minimum Gasteiger partial charge on any atom is -0.379 e. The van der Waals surface area contributed by atoms with E-state index < -0.39 is 0 Å². The molecule has 1 rings (SSSR count). The molecule has 2 atom stereocenters. The third kappa shape index (κ3) is 5.36. The number of nitrogens with two attached hydrogens (primary N) is 1. The molecular weight excluding hydrogens is 228 g/mol. The van der Waals surface area contributed by atoms with Gasteiger partial charge in [0.05, 0.1) is 12.1 Å². The predicted molar refractivity (Wildman–Crippen MR) is 73.2 cm³/mol. The van der Waals surface area contributed by atoms with Crippen LogP contribution in [0.2, 0.25) is 0 Å². The average molecular weight is 256 g/mol. The molecule has 0 spiro atoms. The van der Waals surface area contributed by atoms with Crippen molar-refractivity contribution in [1.82, 2.24) is 5.32 Å². The molecule has 18 heavy (non-hydrogen) atoms. The predicted octanol–water partition coefficient (Wildman–Crippen LogP) is 1.68. The van der Waals surface area contributed by atoms with Gasteiger partial charge in [-0.25, -0.2) is 0 Å². The van der Waals surface area contributed by atoms with Crippen LogP contribution in [0.4, 0.5) is 0 Å². The van der Waals surface area contributed by atoms with Crippen LogP contribution in [-0.2, 0) is 9.53 Å². The summed E-state index contributed by atoms with van der Waals surface area (Å²) in [5, 5.41) is 3.11. The molecule has 0 aromatic rings. The smallest absolute Gasteiger partial charge is 0.220 e. The van der Waals surface area contributed by atoms with E-state index in [2.05, 4.69) is 26.1 Å². The van der Waals surface area contributed by atoms with Gasteiger partial charge in [-0.05, 0) is 44.6 Å². The Labute approximate surface area is 111 Å². The topological polar surface area (TPSA) is 64.4 Å². The molecule has 106 valence electrons. The summed E-state index contributed by atoms with van der Waals surface area (Å²) in [6, 6.07) is 0. The summed E-state index contributed by atoms with van der Waals surface area (Å²) >= 11 is 0. The quantitative estimate of drug-likeness (QED) is 0.760. The van der Waals surface area contributed by atoms with E-state index in [1.165, 1.54) is 0 Å². The van der Waals surface area contributed by atoms with Crippen LogP contribution >= 0.6 is 0 Å². The molecule has 0 aromatic carbocycles. The first-order valence-electron chi connectivity index (χ1n) is 7.04. The summed E-state index contributed by atoms with van der Waals surface area (Å²) < 4.78 is 5.44. The van der Waals surface area contributed by atoms with E-state index in [0.717, 1.165) is 25.9 Å². The van der Waals surface area contributed by atoms with Gasteiger partial charge in [-0.3, -0.25) is 4.79 Å². The first-order valence-corrected chi connectivity index (χ1v) is 7.04. The zero-order valence-electron chi connectivity index (χ0n) is 12.0. The average Bonchev–Trinajstić information content (AvgIpc) is 2.27. The van der Waals surface area contributed by atoms with Gasteiger partial charge in [0.2, 0.25) is 5.91 Å². The van der Waals surface area contributed by atoms with E-state index in [9.17, 15) is 4.79 Å². The van der Waals surface area contributed by atoms with Crippen molar-refractivity contribution >= 4 is 5.91 Å². The van der Waals surface area contributed by atoms with Crippen LogP contribution in [0.15, 0.2) is 0 Å². The van der Waals surface area contributed by atoms with Gasteiger partial charge in [-0.1, -0.05) is 13.8 Å². The number of rotatable bonds is 6. The number of hydrogen-bond acceptors (Lipinski definition) is 3. The van der Waals surface area contributed by atoms with Crippen molar-refractivity contribution in [3.8, 4) is 0 Å². The van der Waals surface area contributed by atoms with Gasteiger partial charge in [0.25, 0.3) is 0 Å². The fourth-order valence-corrected chi connectivity index (χ4v) is 2.61. The normalized spacial score (nSPS) is 26.1. The van der Waals surface area contributed by atoms with Crippen molar-refractivity contribution in [1.29, 1.82) is 0 Å². The monoisotopic (exact) mass is 256 g/mol. The molecule has 0 aliphatic carbocycles. The third-order valence-electron chi connectivity index (χ3n) is 3.49. The van der Waals surface area contributed by atoms with Crippen molar-refractivity contribution in [3.63, 3.8) is 0 Å². The molecule has 4 nitrogen and oxygen atoms in total. The largest absolute Gasteiger partial charge is 0.379 e. The second kappa shape index (κ2) is 7.10. The third-order valence-corrected chi connectivity index (χ3v) is 3.49. The minimum atomic E-state index is -0.188. The zero-order chi connectivity index (χ0) is 13.6. The standard InChI is InChI=1S/C14H28N2O2/c1-11(2)7-12(9-15)8-13(17)16-14(3)5-4-6-18-10-14/h11-12H,4-10,15H2,1-3H3,(H,16,17)/t12-,14?/m0/s1. The van der Waals surface area contributed by atoms with Gasteiger partial charge in [-0.2, -0.15) is 0 Å². The summed E-state index contributed by atoms with van der Waals surface area (Å²) in [6.07, 6.45) is 3.56. The van der Waals surface area contributed by atoms with Crippen LogP contribution in [0.5, 0.6) is 0 Å². The number of nitrogens with one attached hydrogen (secondary N) is 1. The SMILES string of the molecule is CC(C)C[C@H](CN)CC(=O)NC1(C)CCCOC1. The highest BCUT2D eigenvalue weighted by Gasteiger charge is 2.29. The second-order valence-electron chi connectivity index (χ2n) is 6.20. The maximum Gasteiger partial charge on any atom is 0.220 e. The number of carbonyl (C=O) groups excluding carboxylic acids is 1. The fraction of sp³-hybridized carbons (Fsp3) is 0.929. The maximum atomic E-state index is 12.0. The summed E-state index contributed by atoms with van der Waals surface area (Å²) in [5.74, 6) is 0.983. The Hall–Kier alpha value is -0.610. The summed E-state index contributed by atoms with van der Waals surface area (Å²) in [7, 11) is 0. The second-order valence-corrected chi connectivity index (χ2v) is 6.20. The Morgan fingerprint density at radius 1 is 1.50 bits per heavy atom. The highest BCUT2D eigenvalue weighted by atomic mass is 16.5. The van der Waals surface area contributed by atoms with Gasteiger partial charge >= 0.3 is 0 Å². The van der Waals surface area contributed by atoms with E-state index in [1.807, 2.05) is 0 Å². The van der Waals surface area contributed by atoms with E-state index >= 15 is 0 Å². The van der Waals surface area contributed by atoms with Gasteiger partial charge in [0.15, 0.2) is 0 Å². The number of carbonyl (C=O) groups is 1. The van der Waals surface area contributed by atoms with Gasteiger partial charge in [0, 0.05) is 13.0 Å². The summed E-state index contributed by atoms with van der Waals surface area (Å²) in [6.45, 7) is 8.40. The molecule has 1 saturated heterocycles. The Bertz CT molecular complexity index is 261. The highest BCUT2D eigenvalue weighted by molar-refractivity contribution is 5.77. The zero-order valence-corrected chi connectivity index (χ0v) is 12.0. The highest BCUT2D eigenvalue weighted by Crippen LogP contribution is 2.20. The van der Waals surface area contributed by atoms with Crippen molar-refractivity contribution < 1.29 is 9.53 Å². The molecule has 4 heteroatoms. The molecule has 0 bridgehead atoms. The number of ether oxygens (including phenoxy) is 1. The van der Waals surface area contributed by atoms with E-state index in [-0.39, 0.29) is 17.4 Å². The van der Waals surface area contributed by atoms with Gasteiger partial charge < -0.3 is 15.8 Å². The van der Waals surface area contributed by atoms with Gasteiger partial charge in [0.1, 0.15) is 0 Å². The lowest BCUT2D eigenvalue weighted by molar-refractivity contribution is -0.125. The lowest BCUT2D eigenvalue weighted by Crippen LogP contribution is -2.52. The van der Waals surface area contributed by atoms with Crippen LogP contribution in [0.3, 0.4) is 0 Å². The minimum absolute atomic E-state index is 0.110. The van der Waals surface area contributed by atoms with E-state index in [4.69, 9.17) is 10.5 Å². The maximum absolute atomic E-state index is 12.0. The van der Waals surface area contributed by atoms with E-state index in [1.54, 1.807) is 0 Å². The molecule has 1 heterocycles. The van der Waals surface area contributed by atoms with Crippen molar-refractivity contribution in [2.45, 2.75) is 52.0 Å². The molecule has 1 aliphatic rings. The Balaban J connectivity index is 2.39. The lowest BCUT2D eigenvalue weighted by atomic mass is 9.91. The Morgan fingerprint density at radius 2 is 2.22 bits per heavy atom. The van der Waals surface area contributed by atoms with Crippen molar-refractivity contribution in [3.05, 3.63) is 0 Å². The lowest BCUT2D eigenvalue weighted by Gasteiger charge is -2.34. The van der Waals surface area contributed by atoms with E-state index in [0.29, 0.717) is 25.5 Å². The van der Waals surface area contributed by atoms with Crippen LogP contribution in [0, 0.1) is 11.8 Å². The van der Waals surface area contributed by atoms with Crippen molar-refractivity contribution in [2.75, 3.05) is 19.8 Å². The Kier molecular flexibility index (Phi) is 6.09. The Morgan fingerprint density at radius 3 is 2.72 bits per heavy atom. The molecule has 1 fully saturated rings. The first kappa shape index (κ1) is 15.4. The van der Waals surface area contributed by atoms with Crippen LogP contribution < -0.4 is 11.1 Å². The molecule has 1 aliphatic heterocycles. The fourth-order valence-electron chi connectivity index (χ4n) is 2.61. The number of hydrogen-bond donors (Lipinski definition) is 2. The van der Waals surface area contributed by atoms with Crippen LogP contribution in [-0.4, -0.2) is 31.2 Å². The summed E-state index contributed by atoms with van der Waals surface area (Å²) in [5.41, 5.74) is 5.54. The molecule has 0 radical (unpaired) electrons. The molecular formula is C14H28N2O2. The first-order chi connectivity index (χ1) is 8.45. The summed E-state index contributed by atoms with van der Waals surface area (Å²) in [4.78, 5) is 12.0. The van der Waals surface area contributed by atoms with Gasteiger partial charge in [-0.15, -0.1) is 0 Å². The molecule has 1 unspecified atom stereocenters. The molecule has 1 amide bonds. The van der Waals surface area contributed by atoms with Crippen molar-refractivity contribution in [2.24, 2.45) is 17.6 Å². The van der Waals surface area contributed by atoms with Crippen LogP contribution in [0.1, 0.15) is 46.5 Å². The molecule has 3 N–H and O–H groups in total. The molecule has 0 saturated carbocycles. The van der Waals surface area contributed by atoms with Crippen LogP contribution in [0.25, 0.3) is 0 Å². The number of amides is 1.